The highest BCUT2D eigenvalue weighted by Gasteiger charge is 2.28. The molecule has 1 fully saturated rings. The largest absolute Gasteiger partial charge is 0.360 e. The molecular formula is C17H15N5O2. The Morgan fingerprint density at radius 3 is 2.96 bits per heavy atom. The third-order valence-electron chi connectivity index (χ3n) is 4.18. The van der Waals surface area contributed by atoms with E-state index in [1.54, 1.807) is 24.4 Å². The quantitative estimate of drug-likeness (QED) is 0.886. The van der Waals surface area contributed by atoms with Crippen LogP contribution in [-0.4, -0.2) is 40.8 Å². The number of likely N-dealkylation sites (tertiary alicyclic amines) is 1. The zero-order valence-electron chi connectivity index (χ0n) is 12.9. The van der Waals surface area contributed by atoms with Crippen LogP contribution in [0, 0.1) is 22.7 Å². The Morgan fingerprint density at radius 2 is 2.21 bits per heavy atom. The summed E-state index contributed by atoms with van der Waals surface area (Å²) in [7, 11) is 0. The van der Waals surface area contributed by atoms with E-state index < -0.39 is 6.04 Å². The van der Waals surface area contributed by atoms with Crippen LogP contribution in [0.4, 0.5) is 0 Å². The third-order valence-corrected chi connectivity index (χ3v) is 4.18. The Balaban J connectivity index is 1.69. The summed E-state index contributed by atoms with van der Waals surface area (Å²) in [5.74, 6) is -0.619. The molecule has 2 N–H and O–H groups in total. The lowest BCUT2D eigenvalue weighted by atomic mass is 10.1. The molecule has 2 aromatic rings. The molecule has 1 atom stereocenters. The van der Waals surface area contributed by atoms with E-state index >= 15 is 0 Å². The number of aromatic nitrogens is 1. The lowest BCUT2D eigenvalue weighted by molar-refractivity contribution is -0.130. The van der Waals surface area contributed by atoms with Gasteiger partial charge < -0.3 is 15.2 Å². The molecule has 7 nitrogen and oxygen atoms in total. The van der Waals surface area contributed by atoms with Gasteiger partial charge in [0.2, 0.25) is 5.91 Å². The van der Waals surface area contributed by atoms with Gasteiger partial charge in [-0.15, -0.1) is 0 Å². The van der Waals surface area contributed by atoms with Crippen LogP contribution in [0.5, 0.6) is 0 Å². The number of nitrogens with one attached hydrogen (secondary N) is 2. The molecule has 3 rings (SSSR count). The molecule has 1 aromatic carbocycles. The summed E-state index contributed by atoms with van der Waals surface area (Å²) < 4.78 is 0. The van der Waals surface area contributed by atoms with Crippen molar-refractivity contribution in [1.82, 2.24) is 15.2 Å². The minimum atomic E-state index is -0.396. The molecule has 0 saturated carbocycles. The number of benzene rings is 1. The summed E-state index contributed by atoms with van der Waals surface area (Å²) in [6.07, 6.45) is 3.04. The van der Waals surface area contributed by atoms with Gasteiger partial charge in [0.1, 0.15) is 6.04 Å². The molecule has 24 heavy (non-hydrogen) atoms. The van der Waals surface area contributed by atoms with Gasteiger partial charge in [-0.2, -0.15) is 10.5 Å². The van der Waals surface area contributed by atoms with Crippen LogP contribution in [0.1, 0.15) is 28.8 Å². The van der Waals surface area contributed by atoms with Gasteiger partial charge in [0.25, 0.3) is 5.91 Å². The fraction of sp³-hybridized carbons (Fsp3) is 0.294. The second-order valence-electron chi connectivity index (χ2n) is 5.63. The molecule has 1 saturated heterocycles. The number of H-pyrrole nitrogens is 1. The molecule has 2 amide bonds. The van der Waals surface area contributed by atoms with Crippen molar-refractivity contribution in [3.8, 4) is 12.1 Å². The van der Waals surface area contributed by atoms with Crippen LogP contribution in [0.2, 0.25) is 0 Å². The number of amides is 2. The second-order valence-corrected chi connectivity index (χ2v) is 5.63. The van der Waals surface area contributed by atoms with E-state index in [4.69, 9.17) is 10.5 Å². The highest BCUT2D eigenvalue weighted by atomic mass is 16.2. The van der Waals surface area contributed by atoms with Crippen LogP contribution in [0.25, 0.3) is 10.9 Å². The molecule has 1 aromatic heterocycles. The van der Waals surface area contributed by atoms with Gasteiger partial charge in [0, 0.05) is 23.6 Å². The zero-order valence-corrected chi connectivity index (χ0v) is 12.9. The molecule has 2 heterocycles. The van der Waals surface area contributed by atoms with E-state index in [0.29, 0.717) is 35.0 Å². The number of fused-ring (bicyclic) bond motifs is 1. The first-order valence-corrected chi connectivity index (χ1v) is 7.62. The van der Waals surface area contributed by atoms with E-state index in [9.17, 15) is 9.59 Å². The Hall–Kier alpha value is -3.32. The number of carbonyl (C=O) groups excluding carboxylic acids is 2. The Bertz CT molecular complexity index is 886. The van der Waals surface area contributed by atoms with Gasteiger partial charge in [0.15, 0.2) is 0 Å². The van der Waals surface area contributed by atoms with Crippen molar-refractivity contribution >= 4 is 22.7 Å². The van der Waals surface area contributed by atoms with Crippen LogP contribution in [-0.2, 0) is 4.79 Å². The molecule has 120 valence electrons. The average molecular weight is 321 g/mol. The van der Waals surface area contributed by atoms with Crippen molar-refractivity contribution in [3.63, 3.8) is 0 Å². The number of rotatable bonds is 3. The summed E-state index contributed by atoms with van der Waals surface area (Å²) in [4.78, 5) is 28.9. The SMILES string of the molecule is N#Cc1ccc2c(C(=O)NCC(=O)N3CCC[C@H]3C#N)c[nH]c2c1. The molecule has 7 heteroatoms. The van der Waals surface area contributed by atoms with E-state index in [1.807, 2.05) is 6.07 Å². The van der Waals surface area contributed by atoms with Gasteiger partial charge in [-0.1, -0.05) is 6.07 Å². The van der Waals surface area contributed by atoms with E-state index in [1.165, 1.54) is 4.90 Å². The van der Waals surface area contributed by atoms with Crippen molar-refractivity contribution in [1.29, 1.82) is 10.5 Å². The molecule has 0 aliphatic carbocycles. The lowest BCUT2D eigenvalue weighted by Crippen LogP contribution is -2.42. The van der Waals surface area contributed by atoms with Crippen molar-refractivity contribution in [2.75, 3.05) is 13.1 Å². The Morgan fingerprint density at radius 1 is 1.38 bits per heavy atom. The number of hydrogen-bond donors (Lipinski definition) is 2. The van der Waals surface area contributed by atoms with Gasteiger partial charge in [-0.3, -0.25) is 9.59 Å². The monoisotopic (exact) mass is 321 g/mol. The molecule has 1 aliphatic rings. The molecule has 0 spiro atoms. The van der Waals surface area contributed by atoms with Crippen LogP contribution < -0.4 is 5.32 Å². The highest BCUT2D eigenvalue weighted by molar-refractivity contribution is 6.07. The third kappa shape index (κ3) is 2.80. The summed E-state index contributed by atoms with van der Waals surface area (Å²) >= 11 is 0. The number of hydrogen-bond acceptors (Lipinski definition) is 4. The van der Waals surface area contributed by atoms with E-state index in [-0.39, 0.29) is 18.4 Å². The maximum atomic E-state index is 12.3. The smallest absolute Gasteiger partial charge is 0.253 e. The number of nitrogens with zero attached hydrogens (tertiary/aromatic N) is 3. The van der Waals surface area contributed by atoms with Crippen molar-refractivity contribution in [2.24, 2.45) is 0 Å². The van der Waals surface area contributed by atoms with Gasteiger partial charge in [0.05, 0.1) is 29.8 Å². The van der Waals surface area contributed by atoms with Gasteiger partial charge in [-0.05, 0) is 25.0 Å². The molecule has 0 unspecified atom stereocenters. The predicted octanol–water partition coefficient (Wildman–Crippen LogP) is 1.28. The highest BCUT2D eigenvalue weighted by Crippen LogP contribution is 2.20. The molecule has 0 bridgehead atoms. The summed E-state index contributed by atoms with van der Waals surface area (Å²) in [6.45, 7) is 0.414. The van der Waals surface area contributed by atoms with Gasteiger partial charge >= 0.3 is 0 Å². The van der Waals surface area contributed by atoms with E-state index in [0.717, 1.165) is 6.42 Å². The minimum Gasteiger partial charge on any atom is -0.360 e. The fourth-order valence-corrected chi connectivity index (χ4v) is 2.94. The van der Waals surface area contributed by atoms with Crippen molar-refractivity contribution in [3.05, 3.63) is 35.5 Å². The van der Waals surface area contributed by atoms with Crippen molar-refractivity contribution < 1.29 is 9.59 Å². The zero-order chi connectivity index (χ0) is 17.1. The normalized spacial score (nSPS) is 16.6. The maximum Gasteiger partial charge on any atom is 0.253 e. The Kier molecular flexibility index (Phi) is 4.17. The summed E-state index contributed by atoms with van der Waals surface area (Å²) in [5.41, 5.74) is 1.61. The second kappa shape index (κ2) is 6.43. The Labute approximate surface area is 138 Å². The maximum absolute atomic E-state index is 12.3. The first-order valence-electron chi connectivity index (χ1n) is 7.62. The lowest BCUT2D eigenvalue weighted by Gasteiger charge is -2.19. The molecule has 1 aliphatic heterocycles. The van der Waals surface area contributed by atoms with Crippen LogP contribution >= 0.6 is 0 Å². The topological polar surface area (TPSA) is 113 Å². The molecular weight excluding hydrogens is 306 g/mol. The molecule has 0 radical (unpaired) electrons. The standard InChI is InChI=1S/C17H15N5O2/c18-7-11-3-4-13-14(9-20-15(13)6-11)17(24)21-10-16(23)22-5-1-2-12(22)8-19/h3-4,6,9,12,20H,1-2,5,10H2,(H,21,24)/t12-/m0/s1. The average Bonchev–Trinajstić information content (AvgIpc) is 3.25. The first kappa shape index (κ1) is 15.6. The minimum absolute atomic E-state index is 0.139. The van der Waals surface area contributed by atoms with Crippen LogP contribution in [0.15, 0.2) is 24.4 Å². The summed E-state index contributed by atoms with van der Waals surface area (Å²) in [5, 5.41) is 21.2. The fourth-order valence-electron chi connectivity index (χ4n) is 2.94. The number of nitriles is 2. The van der Waals surface area contributed by atoms with E-state index in [2.05, 4.69) is 16.4 Å². The number of carbonyl (C=O) groups is 2. The van der Waals surface area contributed by atoms with Crippen molar-refractivity contribution in [2.45, 2.75) is 18.9 Å². The van der Waals surface area contributed by atoms with Gasteiger partial charge in [-0.25, -0.2) is 0 Å². The van der Waals surface area contributed by atoms with Crippen LogP contribution in [0.3, 0.4) is 0 Å². The first-order chi connectivity index (χ1) is 11.6. The summed E-state index contributed by atoms with van der Waals surface area (Å²) in [6, 6.07) is 8.76. The number of aromatic amines is 1. The predicted molar refractivity (Wildman–Crippen MR) is 85.7 cm³/mol.